The zero-order valence-electron chi connectivity index (χ0n) is 9.16. The van der Waals surface area contributed by atoms with Crippen LogP contribution in [0, 0.1) is 0 Å². The van der Waals surface area contributed by atoms with Crippen LogP contribution >= 0.6 is 15.9 Å². The molecule has 17 heavy (non-hydrogen) atoms. The normalized spacial score (nSPS) is 17.7. The van der Waals surface area contributed by atoms with Crippen LogP contribution in [0.5, 0.6) is 11.5 Å². The second-order valence-corrected chi connectivity index (χ2v) is 5.08. The fraction of sp³-hybridized carbons (Fsp3) is 0.417. The molecule has 0 atom stereocenters. The van der Waals surface area contributed by atoms with E-state index in [1.165, 1.54) is 0 Å². The van der Waals surface area contributed by atoms with Gasteiger partial charge in [-0.25, -0.2) is 0 Å². The lowest BCUT2D eigenvalue weighted by Crippen LogP contribution is -2.25. The van der Waals surface area contributed by atoms with Gasteiger partial charge in [0, 0.05) is 11.6 Å². The number of rotatable bonds is 2. The Morgan fingerprint density at radius 2 is 2.06 bits per heavy atom. The van der Waals surface area contributed by atoms with Gasteiger partial charge in [0.15, 0.2) is 11.5 Å². The minimum atomic E-state index is -0.0508. The highest BCUT2D eigenvalue weighted by molar-refractivity contribution is 9.10. The third-order valence-corrected chi connectivity index (χ3v) is 3.36. The van der Waals surface area contributed by atoms with E-state index >= 15 is 0 Å². The van der Waals surface area contributed by atoms with Gasteiger partial charge in [-0.15, -0.1) is 0 Å². The second kappa shape index (κ2) is 4.22. The molecule has 0 aromatic heterocycles. The summed E-state index contributed by atoms with van der Waals surface area (Å²) in [5, 5.41) is 2.95. The molecule has 1 N–H and O–H groups in total. The SMILES string of the molecule is O=C(NC1CC1)c1cc(Br)c2c(c1)OCCO2. The average Bonchev–Trinajstić information content (AvgIpc) is 3.13. The van der Waals surface area contributed by atoms with Crippen molar-refractivity contribution in [3.63, 3.8) is 0 Å². The number of benzene rings is 1. The maximum atomic E-state index is 11.9. The van der Waals surface area contributed by atoms with E-state index in [9.17, 15) is 4.79 Å². The molecular weight excluding hydrogens is 286 g/mol. The minimum Gasteiger partial charge on any atom is -0.486 e. The molecule has 5 heteroatoms. The molecule has 1 fully saturated rings. The number of carbonyl (C=O) groups excluding carboxylic acids is 1. The van der Waals surface area contributed by atoms with Crippen molar-refractivity contribution in [2.24, 2.45) is 0 Å². The Morgan fingerprint density at radius 3 is 2.82 bits per heavy atom. The highest BCUT2D eigenvalue weighted by Gasteiger charge is 2.25. The van der Waals surface area contributed by atoms with Crippen LogP contribution in [0.15, 0.2) is 16.6 Å². The van der Waals surface area contributed by atoms with Crippen LogP contribution in [0.1, 0.15) is 23.2 Å². The first-order chi connectivity index (χ1) is 8.24. The van der Waals surface area contributed by atoms with Crippen molar-refractivity contribution < 1.29 is 14.3 Å². The molecule has 0 radical (unpaired) electrons. The first-order valence-corrected chi connectivity index (χ1v) is 6.43. The Hall–Kier alpha value is -1.23. The Kier molecular flexibility index (Phi) is 2.70. The van der Waals surface area contributed by atoms with Gasteiger partial charge < -0.3 is 14.8 Å². The largest absolute Gasteiger partial charge is 0.486 e. The van der Waals surface area contributed by atoms with Crippen LogP contribution in [-0.4, -0.2) is 25.2 Å². The molecule has 4 nitrogen and oxygen atoms in total. The highest BCUT2D eigenvalue weighted by atomic mass is 79.9. The summed E-state index contributed by atoms with van der Waals surface area (Å²) in [6, 6.07) is 3.86. The van der Waals surface area contributed by atoms with Crippen LogP contribution in [0.2, 0.25) is 0 Å². The van der Waals surface area contributed by atoms with E-state index in [-0.39, 0.29) is 5.91 Å². The summed E-state index contributed by atoms with van der Waals surface area (Å²) >= 11 is 3.40. The van der Waals surface area contributed by atoms with E-state index < -0.39 is 0 Å². The van der Waals surface area contributed by atoms with Gasteiger partial charge in [-0.2, -0.15) is 0 Å². The van der Waals surface area contributed by atoms with Crippen molar-refractivity contribution >= 4 is 21.8 Å². The molecule has 3 rings (SSSR count). The molecule has 0 bridgehead atoms. The summed E-state index contributed by atoms with van der Waals surface area (Å²) < 4.78 is 11.7. The van der Waals surface area contributed by atoms with Crippen LogP contribution < -0.4 is 14.8 Å². The van der Waals surface area contributed by atoms with Crippen molar-refractivity contribution in [1.82, 2.24) is 5.32 Å². The molecule has 0 spiro atoms. The lowest BCUT2D eigenvalue weighted by Gasteiger charge is -2.20. The molecule has 1 aliphatic heterocycles. The smallest absolute Gasteiger partial charge is 0.251 e. The lowest BCUT2D eigenvalue weighted by molar-refractivity contribution is 0.0949. The van der Waals surface area contributed by atoms with Crippen molar-refractivity contribution in [2.75, 3.05) is 13.2 Å². The number of fused-ring (bicyclic) bond motifs is 1. The Balaban J connectivity index is 1.89. The van der Waals surface area contributed by atoms with Crippen LogP contribution in [-0.2, 0) is 0 Å². The van der Waals surface area contributed by atoms with Crippen molar-refractivity contribution in [2.45, 2.75) is 18.9 Å². The number of halogens is 1. The average molecular weight is 298 g/mol. The second-order valence-electron chi connectivity index (χ2n) is 4.23. The Bertz CT molecular complexity index is 471. The van der Waals surface area contributed by atoms with Gasteiger partial charge in [0.2, 0.25) is 0 Å². The van der Waals surface area contributed by atoms with Gasteiger partial charge in [-0.1, -0.05) is 0 Å². The van der Waals surface area contributed by atoms with Crippen LogP contribution in [0.3, 0.4) is 0 Å². The van der Waals surface area contributed by atoms with Gasteiger partial charge in [-0.05, 0) is 40.9 Å². The molecular formula is C12H12BrNO3. The number of hydrogen-bond donors (Lipinski definition) is 1. The fourth-order valence-electron chi connectivity index (χ4n) is 1.74. The van der Waals surface area contributed by atoms with E-state index in [4.69, 9.17) is 9.47 Å². The van der Waals surface area contributed by atoms with E-state index in [1.54, 1.807) is 12.1 Å². The summed E-state index contributed by atoms with van der Waals surface area (Å²) in [6.07, 6.45) is 2.16. The molecule has 0 saturated heterocycles. The third-order valence-electron chi connectivity index (χ3n) is 2.77. The van der Waals surface area contributed by atoms with Crippen LogP contribution in [0.4, 0.5) is 0 Å². The van der Waals surface area contributed by atoms with Gasteiger partial charge in [0.05, 0.1) is 4.47 Å². The van der Waals surface area contributed by atoms with Gasteiger partial charge >= 0.3 is 0 Å². The number of amides is 1. The van der Waals surface area contributed by atoms with Crippen molar-refractivity contribution in [1.29, 1.82) is 0 Å². The van der Waals surface area contributed by atoms with E-state index in [0.29, 0.717) is 36.3 Å². The number of nitrogens with one attached hydrogen (secondary N) is 1. The van der Waals surface area contributed by atoms with Crippen LogP contribution in [0.25, 0.3) is 0 Å². The standard InChI is InChI=1S/C12H12BrNO3/c13-9-5-7(12(15)14-8-1-2-8)6-10-11(9)17-4-3-16-10/h5-6,8H,1-4H2,(H,14,15). The predicted molar refractivity (Wildman–Crippen MR) is 65.6 cm³/mol. The molecule has 1 aromatic rings. The first kappa shape index (κ1) is 10.9. The predicted octanol–water partition coefficient (Wildman–Crippen LogP) is 2.11. The molecule has 1 aromatic carbocycles. The van der Waals surface area contributed by atoms with E-state index in [2.05, 4.69) is 21.2 Å². The number of hydrogen-bond acceptors (Lipinski definition) is 3. The monoisotopic (exact) mass is 297 g/mol. The summed E-state index contributed by atoms with van der Waals surface area (Å²) in [4.78, 5) is 11.9. The van der Waals surface area contributed by atoms with E-state index in [1.807, 2.05) is 0 Å². The third kappa shape index (κ3) is 2.24. The summed E-state index contributed by atoms with van der Waals surface area (Å²) in [5.74, 6) is 1.26. The first-order valence-electron chi connectivity index (χ1n) is 5.64. The molecule has 90 valence electrons. The Morgan fingerprint density at radius 1 is 1.29 bits per heavy atom. The van der Waals surface area contributed by atoms with Crippen molar-refractivity contribution in [3.8, 4) is 11.5 Å². The number of ether oxygens (including phenoxy) is 2. The van der Waals surface area contributed by atoms with Gasteiger partial charge in [0.1, 0.15) is 13.2 Å². The summed E-state index contributed by atoms with van der Waals surface area (Å²) in [7, 11) is 0. The maximum absolute atomic E-state index is 11.9. The molecule has 0 unspecified atom stereocenters. The quantitative estimate of drug-likeness (QED) is 0.909. The highest BCUT2D eigenvalue weighted by Crippen LogP contribution is 2.38. The molecule has 1 saturated carbocycles. The Labute approximate surface area is 107 Å². The zero-order chi connectivity index (χ0) is 11.8. The minimum absolute atomic E-state index is 0.0508. The molecule has 1 aliphatic carbocycles. The van der Waals surface area contributed by atoms with Gasteiger partial charge in [-0.3, -0.25) is 4.79 Å². The van der Waals surface area contributed by atoms with E-state index in [0.717, 1.165) is 17.3 Å². The zero-order valence-corrected chi connectivity index (χ0v) is 10.7. The summed E-state index contributed by atoms with van der Waals surface area (Å²) in [6.45, 7) is 1.06. The molecule has 1 heterocycles. The topological polar surface area (TPSA) is 47.6 Å². The summed E-state index contributed by atoms with van der Waals surface area (Å²) in [5.41, 5.74) is 0.605. The van der Waals surface area contributed by atoms with Gasteiger partial charge in [0.25, 0.3) is 5.91 Å². The van der Waals surface area contributed by atoms with Crippen molar-refractivity contribution in [3.05, 3.63) is 22.2 Å². The molecule has 2 aliphatic rings. The lowest BCUT2D eigenvalue weighted by atomic mass is 10.2. The maximum Gasteiger partial charge on any atom is 0.251 e. The fourth-order valence-corrected chi connectivity index (χ4v) is 2.29. The number of carbonyl (C=O) groups is 1. The molecule has 1 amide bonds.